The van der Waals surface area contributed by atoms with Crippen LogP contribution in [0.5, 0.6) is 5.75 Å². The number of hydrogen-bond acceptors (Lipinski definition) is 5. The van der Waals surface area contributed by atoms with Gasteiger partial charge < -0.3 is 4.74 Å². The molecule has 0 aliphatic heterocycles. The molecule has 138 valence electrons. The highest BCUT2D eigenvalue weighted by molar-refractivity contribution is 7.99. The highest BCUT2D eigenvalue weighted by atomic mass is 32.2. The van der Waals surface area contributed by atoms with Crippen LogP contribution in [0.15, 0.2) is 71.9 Å². The van der Waals surface area contributed by atoms with E-state index in [1.165, 1.54) is 22.3 Å². The van der Waals surface area contributed by atoms with Gasteiger partial charge in [-0.15, -0.1) is 5.10 Å². The van der Waals surface area contributed by atoms with Crippen molar-refractivity contribution < 1.29 is 4.74 Å². The predicted octanol–water partition coefficient (Wildman–Crippen LogP) is 4.84. The van der Waals surface area contributed by atoms with Crippen LogP contribution in [0.3, 0.4) is 0 Å². The van der Waals surface area contributed by atoms with Gasteiger partial charge in [0.1, 0.15) is 11.4 Å². The van der Waals surface area contributed by atoms with Gasteiger partial charge in [0.15, 0.2) is 0 Å². The summed E-state index contributed by atoms with van der Waals surface area (Å²) in [4.78, 5) is 0. The van der Waals surface area contributed by atoms with Gasteiger partial charge in [-0.3, -0.25) is 0 Å². The minimum absolute atomic E-state index is 0.146. The summed E-state index contributed by atoms with van der Waals surface area (Å²) in [6.07, 6.45) is 0. The molecule has 1 heterocycles. The normalized spacial score (nSPS) is 12.6. The molecule has 3 aromatic carbocycles. The lowest BCUT2D eigenvalue weighted by Gasteiger charge is -2.14. The predicted molar refractivity (Wildman–Crippen MR) is 110 cm³/mol. The van der Waals surface area contributed by atoms with Gasteiger partial charge in [0, 0.05) is 0 Å². The summed E-state index contributed by atoms with van der Waals surface area (Å²) in [5, 5.41) is 13.4. The minimum atomic E-state index is 0.146. The average Bonchev–Trinajstić information content (AvgIpc) is 3.32. The van der Waals surface area contributed by atoms with E-state index in [-0.39, 0.29) is 5.25 Å². The summed E-state index contributed by atoms with van der Waals surface area (Å²) in [7, 11) is 1.66. The molecule has 1 aromatic heterocycles. The fourth-order valence-electron chi connectivity index (χ4n) is 3.71. The van der Waals surface area contributed by atoms with E-state index >= 15 is 0 Å². The first-order valence-corrected chi connectivity index (χ1v) is 9.92. The first kappa shape index (κ1) is 17.0. The van der Waals surface area contributed by atoms with Crippen molar-refractivity contribution in [2.45, 2.75) is 17.3 Å². The van der Waals surface area contributed by atoms with Crippen molar-refractivity contribution in [2.75, 3.05) is 7.11 Å². The molecular weight excluding hydrogens is 368 g/mol. The molecule has 0 bridgehead atoms. The SMILES string of the molecule is COc1ccc(C)cc1-n1nnnc1SC1c2ccccc2-c2ccccc21. The summed E-state index contributed by atoms with van der Waals surface area (Å²) >= 11 is 1.66. The maximum absolute atomic E-state index is 5.54. The molecule has 0 fully saturated rings. The Morgan fingerprint density at radius 1 is 0.929 bits per heavy atom. The molecular formula is C22H18N4OS. The number of hydrogen-bond donors (Lipinski definition) is 0. The van der Waals surface area contributed by atoms with Crippen molar-refractivity contribution in [3.63, 3.8) is 0 Å². The van der Waals surface area contributed by atoms with Crippen LogP contribution < -0.4 is 4.74 Å². The van der Waals surface area contributed by atoms with Gasteiger partial charge in [0.2, 0.25) is 5.16 Å². The van der Waals surface area contributed by atoms with Crippen LogP contribution in [0.25, 0.3) is 16.8 Å². The third kappa shape index (κ3) is 2.68. The van der Waals surface area contributed by atoms with Gasteiger partial charge >= 0.3 is 0 Å². The van der Waals surface area contributed by atoms with Crippen LogP contribution in [0.2, 0.25) is 0 Å². The topological polar surface area (TPSA) is 52.8 Å². The van der Waals surface area contributed by atoms with E-state index in [0.29, 0.717) is 0 Å². The molecule has 0 unspecified atom stereocenters. The third-order valence-electron chi connectivity index (χ3n) is 5.00. The molecule has 0 atom stereocenters. The first-order chi connectivity index (χ1) is 13.8. The molecule has 28 heavy (non-hydrogen) atoms. The number of benzene rings is 3. The van der Waals surface area contributed by atoms with Crippen molar-refractivity contribution >= 4 is 11.8 Å². The van der Waals surface area contributed by atoms with Crippen LogP contribution in [0.1, 0.15) is 21.9 Å². The van der Waals surface area contributed by atoms with E-state index in [1.807, 2.05) is 25.1 Å². The van der Waals surface area contributed by atoms with Gasteiger partial charge in [-0.2, -0.15) is 4.68 Å². The highest BCUT2D eigenvalue weighted by Crippen LogP contribution is 2.51. The second-order valence-electron chi connectivity index (χ2n) is 6.72. The molecule has 0 radical (unpaired) electrons. The van der Waals surface area contributed by atoms with E-state index in [4.69, 9.17) is 4.74 Å². The third-order valence-corrected chi connectivity index (χ3v) is 6.21. The number of rotatable bonds is 4. The van der Waals surface area contributed by atoms with Crippen LogP contribution in [-0.4, -0.2) is 27.3 Å². The Kier molecular flexibility index (Phi) is 4.13. The zero-order chi connectivity index (χ0) is 19.1. The van der Waals surface area contributed by atoms with Crippen molar-refractivity contribution in [3.8, 4) is 22.6 Å². The fraction of sp³-hybridized carbons (Fsp3) is 0.136. The van der Waals surface area contributed by atoms with Gasteiger partial charge in [-0.1, -0.05) is 66.4 Å². The molecule has 5 rings (SSSR count). The van der Waals surface area contributed by atoms with Gasteiger partial charge in [-0.05, 0) is 57.3 Å². The molecule has 0 N–H and O–H groups in total. The lowest BCUT2D eigenvalue weighted by atomic mass is 10.1. The molecule has 5 nitrogen and oxygen atoms in total. The van der Waals surface area contributed by atoms with E-state index < -0.39 is 0 Å². The summed E-state index contributed by atoms with van der Waals surface area (Å²) in [6.45, 7) is 2.05. The Hall–Kier alpha value is -3.12. The average molecular weight is 386 g/mol. The zero-order valence-corrected chi connectivity index (χ0v) is 16.4. The molecule has 0 spiro atoms. The number of aromatic nitrogens is 4. The van der Waals surface area contributed by atoms with E-state index in [2.05, 4.69) is 64.1 Å². The van der Waals surface area contributed by atoms with Crippen molar-refractivity contribution in [3.05, 3.63) is 83.4 Å². The first-order valence-electron chi connectivity index (χ1n) is 9.04. The van der Waals surface area contributed by atoms with E-state index in [1.54, 1.807) is 23.6 Å². The minimum Gasteiger partial charge on any atom is -0.494 e. The van der Waals surface area contributed by atoms with Crippen LogP contribution in [0, 0.1) is 6.92 Å². The Labute approximate surface area is 167 Å². The molecule has 4 aromatic rings. The van der Waals surface area contributed by atoms with Crippen molar-refractivity contribution in [1.82, 2.24) is 20.2 Å². The molecule has 0 amide bonds. The summed E-state index contributed by atoms with van der Waals surface area (Å²) in [5.41, 5.74) is 7.11. The van der Waals surface area contributed by atoms with Crippen LogP contribution in [-0.2, 0) is 0 Å². The molecule has 6 heteroatoms. The van der Waals surface area contributed by atoms with Gasteiger partial charge in [0.25, 0.3) is 0 Å². The molecule has 0 saturated heterocycles. The van der Waals surface area contributed by atoms with Gasteiger partial charge in [0.05, 0.1) is 12.4 Å². The van der Waals surface area contributed by atoms with E-state index in [0.717, 1.165) is 22.2 Å². The Morgan fingerprint density at radius 3 is 2.29 bits per heavy atom. The summed E-state index contributed by atoms with van der Waals surface area (Å²) in [6, 6.07) is 23.1. The Morgan fingerprint density at radius 2 is 1.61 bits per heavy atom. The summed E-state index contributed by atoms with van der Waals surface area (Å²) < 4.78 is 7.30. The maximum Gasteiger partial charge on any atom is 0.215 e. The molecule has 0 saturated carbocycles. The number of methoxy groups -OCH3 is 1. The second-order valence-corrected chi connectivity index (χ2v) is 7.79. The number of fused-ring (bicyclic) bond motifs is 3. The monoisotopic (exact) mass is 386 g/mol. The number of aryl methyl sites for hydroxylation is 1. The summed E-state index contributed by atoms with van der Waals surface area (Å²) in [5.74, 6) is 0.743. The number of ether oxygens (including phenoxy) is 1. The smallest absolute Gasteiger partial charge is 0.215 e. The number of thioether (sulfide) groups is 1. The number of tetrazole rings is 1. The fourth-order valence-corrected chi connectivity index (χ4v) is 4.91. The lowest BCUT2D eigenvalue weighted by molar-refractivity contribution is 0.410. The second kappa shape index (κ2) is 6.80. The highest BCUT2D eigenvalue weighted by Gasteiger charge is 2.30. The zero-order valence-electron chi connectivity index (χ0n) is 15.5. The van der Waals surface area contributed by atoms with Crippen LogP contribution >= 0.6 is 11.8 Å². The lowest BCUT2D eigenvalue weighted by Crippen LogP contribution is -2.03. The Balaban J connectivity index is 1.60. The van der Waals surface area contributed by atoms with Crippen molar-refractivity contribution in [2.24, 2.45) is 0 Å². The van der Waals surface area contributed by atoms with Crippen molar-refractivity contribution in [1.29, 1.82) is 0 Å². The Bertz CT molecular complexity index is 1130. The molecule has 1 aliphatic carbocycles. The maximum atomic E-state index is 5.54. The van der Waals surface area contributed by atoms with E-state index in [9.17, 15) is 0 Å². The van der Waals surface area contributed by atoms with Gasteiger partial charge in [-0.25, -0.2) is 0 Å². The standard InChI is InChI=1S/C22H18N4OS/c1-14-11-12-20(27-2)19(13-14)26-22(23-24-25-26)28-21-17-9-5-3-7-15(17)16-8-4-6-10-18(16)21/h3-13,21H,1-2H3. The quantitative estimate of drug-likeness (QED) is 0.502. The number of nitrogens with zero attached hydrogens (tertiary/aromatic N) is 4. The van der Waals surface area contributed by atoms with Crippen LogP contribution in [0.4, 0.5) is 0 Å². The molecule has 1 aliphatic rings. The largest absolute Gasteiger partial charge is 0.494 e.